The summed E-state index contributed by atoms with van der Waals surface area (Å²) in [5, 5.41) is 6.14. The van der Waals surface area contributed by atoms with E-state index in [1.165, 1.54) is 11.3 Å². The van der Waals surface area contributed by atoms with Crippen molar-refractivity contribution in [1.82, 2.24) is 4.98 Å². The van der Waals surface area contributed by atoms with Gasteiger partial charge in [-0.15, -0.1) is 0 Å². The molecule has 0 unspecified atom stereocenters. The summed E-state index contributed by atoms with van der Waals surface area (Å²) in [4.78, 5) is 28.2. The number of anilines is 2. The van der Waals surface area contributed by atoms with Crippen molar-refractivity contribution in [2.24, 2.45) is 0 Å². The van der Waals surface area contributed by atoms with E-state index < -0.39 is 6.10 Å². The number of fused-ring (bicyclic) bond motifs is 1. The number of nitrogens with one attached hydrogen (secondary N) is 2. The highest BCUT2D eigenvalue weighted by Gasteiger charge is 2.15. The van der Waals surface area contributed by atoms with Crippen molar-refractivity contribution in [1.29, 1.82) is 0 Å². The van der Waals surface area contributed by atoms with E-state index in [-0.39, 0.29) is 11.8 Å². The van der Waals surface area contributed by atoms with Crippen LogP contribution in [0.1, 0.15) is 20.3 Å². The van der Waals surface area contributed by atoms with Gasteiger partial charge in [0.25, 0.3) is 5.91 Å². The Kier molecular flexibility index (Phi) is 5.48. The largest absolute Gasteiger partial charge is 0.481 e. The maximum atomic E-state index is 12.3. The Balaban J connectivity index is 1.68. The van der Waals surface area contributed by atoms with Crippen LogP contribution in [0.5, 0.6) is 5.75 Å². The number of nitrogens with zero attached hydrogens (tertiary/aromatic N) is 1. The van der Waals surface area contributed by atoms with Gasteiger partial charge in [0.2, 0.25) is 5.91 Å². The Bertz CT molecular complexity index is 924. The second-order valence-corrected chi connectivity index (χ2v) is 6.70. The van der Waals surface area contributed by atoms with Gasteiger partial charge in [0, 0.05) is 12.1 Å². The summed E-state index contributed by atoms with van der Waals surface area (Å²) in [5.41, 5.74) is 1.43. The van der Waals surface area contributed by atoms with Gasteiger partial charge >= 0.3 is 0 Å². The molecule has 1 heterocycles. The quantitative estimate of drug-likeness (QED) is 0.687. The lowest BCUT2D eigenvalue weighted by Crippen LogP contribution is -2.30. The third-order valence-corrected chi connectivity index (χ3v) is 4.58. The highest BCUT2D eigenvalue weighted by atomic mass is 32.1. The number of amides is 2. The Labute approximate surface area is 155 Å². The van der Waals surface area contributed by atoms with Crippen LogP contribution in [-0.2, 0) is 9.59 Å². The normalized spacial score (nSPS) is 11.8. The van der Waals surface area contributed by atoms with Gasteiger partial charge in [-0.3, -0.25) is 9.59 Å². The smallest absolute Gasteiger partial charge is 0.265 e. The zero-order chi connectivity index (χ0) is 18.5. The van der Waals surface area contributed by atoms with Gasteiger partial charge in [-0.1, -0.05) is 36.5 Å². The fourth-order valence-electron chi connectivity index (χ4n) is 2.26. The van der Waals surface area contributed by atoms with Gasteiger partial charge in [-0.25, -0.2) is 4.98 Å². The number of carbonyl (C=O) groups is 2. The minimum absolute atomic E-state index is 0.0792. The van der Waals surface area contributed by atoms with Gasteiger partial charge < -0.3 is 15.4 Å². The monoisotopic (exact) mass is 369 g/mol. The van der Waals surface area contributed by atoms with Crippen LogP contribution in [0.4, 0.5) is 10.8 Å². The number of benzene rings is 2. The maximum Gasteiger partial charge on any atom is 0.265 e. The molecule has 0 aliphatic carbocycles. The number of para-hydroxylation sites is 1. The molecule has 0 spiro atoms. The van der Waals surface area contributed by atoms with E-state index in [0.717, 1.165) is 10.2 Å². The molecule has 0 bridgehead atoms. The molecule has 2 amide bonds. The first-order valence-corrected chi connectivity index (χ1v) is 9.10. The first kappa shape index (κ1) is 17.9. The van der Waals surface area contributed by atoms with Crippen LogP contribution in [0.3, 0.4) is 0 Å². The molecule has 3 rings (SSSR count). The molecule has 0 saturated heterocycles. The van der Waals surface area contributed by atoms with Crippen molar-refractivity contribution in [2.45, 2.75) is 26.4 Å². The molecule has 0 fully saturated rings. The fraction of sp³-hybridized carbons (Fsp3) is 0.211. The summed E-state index contributed by atoms with van der Waals surface area (Å²) >= 11 is 1.37. The molecule has 1 aromatic heterocycles. The van der Waals surface area contributed by atoms with Crippen LogP contribution in [0.25, 0.3) is 10.2 Å². The molecule has 134 valence electrons. The van der Waals surface area contributed by atoms with E-state index in [9.17, 15) is 9.59 Å². The molecular weight excluding hydrogens is 350 g/mol. The first-order valence-electron chi connectivity index (χ1n) is 8.28. The molecule has 1 atom stereocenters. The van der Waals surface area contributed by atoms with Crippen molar-refractivity contribution < 1.29 is 14.3 Å². The third kappa shape index (κ3) is 4.37. The van der Waals surface area contributed by atoms with E-state index in [4.69, 9.17) is 4.74 Å². The molecule has 0 radical (unpaired) electrons. The highest BCUT2D eigenvalue weighted by Crippen LogP contribution is 2.28. The third-order valence-electron chi connectivity index (χ3n) is 3.65. The Morgan fingerprint density at radius 1 is 1.15 bits per heavy atom. The molecule has 6 nitrogen and oxygen atoms in total. The lowest BCUT2D eigenvalue weighted by atomic mass is 10.2. The summed E-state index contributed by atoms with van der Waals surface area (Å²) < 4.78 is 6.51. The van der Waals surface area contributed by atoms with E-state index in [2.05, 4.69) is 15.6 Å². The second-order valence-electron chi connectivity index (χ2n) is 5.67. The average Bonchev–Trinajstić information content (AvgIpc) is 3.03. The summed E-state index contributed by atoms with van der Waals surface area (Å²) in [6, 6.07) is 14.6. The van der Waals surface area contributed by atoms with Crippen molar-refractivity contribution >= 4 is 44.2 Å². The standard InChI is InChI=1S/C19H19N3O3S/c1-3-17(23)22-19-21-15-10-9-13(11-16(15)26-19)20-18(24)12(2)25-14-7-5-4-6-8-14/h4-12H,3H2,1-2H3,(H,20,24)(H,21,22,23)/t12-/m0/s1. The van der Waals surface area contributed by atoms with Crippen molar-refractivity contribution in [3.63, 3.8) is 0 Å². The molecule has 3 aromatic rings. The van der Waals surface area contributed by atoms with Crippen LogP contribution in [0.2, 0.25) is 0 Å². The zero-order valence-electron chi connectivity index (χ0n) is 14.5. The summed E-state index contributed by atoms with van der Waals surface area (Å²) in [7, 11) is 0. The Morgan fingerprint density at radius 2 is 1.92 bits per heavy atom. The molecule has 26 heavy (non-hydrogen) atoms. The van der Waals surface area contributed by atoms with Crippen LogP contribution in [0, 0.1) is 0 Å². The predicted octanol–water partition coefficient (Wildman–Crippen LogP) is 4.05. The van der Waals surface area contributed by atoms with Crippen molar-refractivity contribution in [3.8, 4) is 5.75 Å². The number of rotatable bonds is 6. The number of carbonyl (C=O) groups excluding carboxylic acids is 2. The lowest BCUT2D eigenvalue weighted by molar-refractivity contribution is -0.122. The maximum absolute atomic E-state index is 12.3. The van der Waals surface area contributed by atoms with Gasteiger partial charge in [-0.2, -0.15) is 0 Å². The van der Waals surface area contributed by atoms with Crippen molar-refractivity contribution in [3.05, 3.63) is 48.5 Å². The SMILES string of the molecule is CCC(=O)Nc1nc2ccc(NC(=O)[C@H](C)Oc3ccccc3)cc2s1. The van der Waals surface area contributed by atoms with Crippen LogP contribution in [0.15, 0.2) is 48.5 Å². The summed E-state index contributed by atoms with van der Waals surface area (Å²) in [5.74, 6) is 0.325. The number of aromatic nitrogens is 1. The molecule has 2 N–H and O–H groups in total. The van der Waals surface area contributed by atoms with E-state index in [1.54, 1.807) is 32.0 Å². The topological polar surface area (TPSA) is 80.3 Å². The van der Waals surface area contributed by atoms with E-state index in [0.29, 0.717) is 23.0 Å². The van der Waals surface area contributed by atoms with Gasteiger partial charge in [0.05, 0.1) is 10.2 Å². The molecule has 2 aromatic carbocycles. The van der Waals surface area contributed by atoms with Gasteiger partial charge in [0.1, 0.15) is 5.75 Å². The molecule has 7 heteroatoms. The Hall–Kier alpha value is -2.93. The highest BCUT2D eigenvalue weighted by molar-refractivity contribution is 7.22. The number of hydrogen-bond acceptors (Lipinski definition) is 5. The fourth-order valence-corrected chi connectivity index (χ4v) is 3.19. The molecule has 0 aliphatic heterocycles. The molecule has 0 aliphatic rings. The van der Waals surface area contributed by atoms with Crippen LogP contribution < -0.4 is 15.4 Å². The van der Waals surface area contributed by atoms with Crippen LogP contribution in [-0.4, -0.2) is 22.9 Å². The number of thiazole rings is 1. The lowest BCUT2D eigenvalue weighted by Gasteiger charge is -2.14. The predicted molar refractivity (Wildman–Crippen MR) is 104 cm³/mol. The summed E-state index contributed by atoms with van der Waals surface area (Å²) in [6.45, 7) is 3.49. The minimum Gasteiger partial charge on any atom is -0.481 e. The van der Waals surface area contributed by atoms with Gasteiger partial charge in [-0.05, 0) is 37.3 Å². The number of ether oxygens (including phenoxy) is 1. The van der Waals surface area contributed by atoms with E-state index in [1.807, 2.05) is 30.3 Å². The zero-order valence-corrected chi connectivity index (χ0v) is 15.3. The van der Waals surface area contributed by atoms with Crippen LogP contribution >= 0.6 is 11.3 Å². The average molecular weight is 369 g/mol. The Morgan fingerprint density at radius 3 is 2.65 bits per heavy atom. The first-order chi connectivity index (χ1) is 12.5. The van der Waals surface area contributed by atoms with E-state index >= 15 is 0 Å². The van der Waals surface area contributed by atoms with Gasteiger partial charge in [0.15, 0.2) is 11.2 Å². The van der Waals surface area contributed by atoms with Crippen molar-refractivity contribution in [2.75, 3.05) is 10.6 Å². The minimum atomic E-state index is -0.631. The molecule has 0 saturated carbocycles. The number of hydrogen-bond donors (Lipinski definition) is 2. The summed E-state index contributed by atoms with van der Waals surface area (Å²) in [6.07, 6.45) is -0.231. The molecular formula is C19H19N3O3S. The second kappa shape index (κ2) is 7.97.